The zero-order valence-electron chi connectivity index (χ0n) is 18.1. The second-order valence-corrected chi connectivity index (χ2v) is 9.43. The number of hydrogen-bond acceptors (Lipinski definition) is 3. The molecule has 0 spiro atoms. The number of rotatable bonds is 3. The van der Waals surface area contributed by atoms with E-state index in [1.807, 2.05) is 11.0 Å². The van der Waals surface area contributed by atoms with E-state index in [-0.39, 0.29) is 40.9 Å². The average molecular weight is 438 g/mol. The van der Waals surface area contributed by atoms with Crippen molar-refractivity contribution in [3.8, 4) is 0 Å². The number of nitrogens with one attached hydrogen (secondary N) is 1. The Morgan fingerprint density at radius 1 is 0.938 bits per heavy atom. The quantitative estimate of drug-likeness (QED) is 0.795. The SMILES string of the molecule is O=C(Nc1ccc2n(c1=O)CC1CC2CN(C(=O)c2ccc(F)cc2)C1)C1CCCCC1. The summed E-state index contributed by atoms with van der Waals surface area (Å²) >= 11 is 0. The predicted molar refractivity (Wildman–Crippen MR) is 119 cm³/mol. The Hall–Kier alpha value is -2.96. The maximum Gasteiger partial charge on any atom is 0.274 e. The van der Waals surface area contributed by atoms with E-state index >= 15 is 0 Å². The van der Waals surface area contributed by atoms with Crippen LogP contribution in [-0.2, 0) is 11.3 Å². The fourth-order valence-corrected chi connectivity index (χ4v) is 5.58. The van der Waals surface area contributed by atoms with Crippen molar-refractivity contribution in [3.05, 3.63) is 63.8 Å². The van der Waals surface area contributed by atoms with Gasteiger partial charge in [0.25, 0.3) is 11.5 Å². The van der Waals surface area contributed by atoms with Gasteiger partial charge in [-0.2, -0.15) is 0 Å². The lowest BCUT2D eigenvalue weighted by Gasteiger charge is -2.43. The van der Waals surface area contributed by atoms with Crippen LogP contribution in [0.4, 0.5) is 10.1 Å². The van der Waals surface area contributed by atoms with Crippen molar-refractivity contribution in [2.75, 3.05) is 18.4 Å². The molecule has 1 aromatic heterocycles. The molecule has 1 saturated heterocycles. The molecule has 2 aliphatic heterocycles. The maximum atomic E-state index is 13.2. The third-order valence-corrected chi connectivity index (χ3v) is 7.22. The Morgan fingerprint density at radius 2 is 1.69 bits per heavy atom. The minimum Gasteiger partial charge on any atom is -0.338 e. The summed E-state index contributed by atoms with van der Waals surface area (Å²) < 4.78 is 15.0. The number of amides is 2. The number of anilines is 1. The standard InChI is InChI=1S/C25H28FN3O3/c26-20-8-6-18(7-9-20)24(31)28-13-16-12-19(15-28)22-11-10-21(25(32)29(22)14-16)27-23(30)17-4-2-1-3-5-17/h6-11,16-17,19H,1-5,12-15H2,(H,27,30). The smallest absolute Gasteiger partial charge is 0.274 e. The molecule has 1 N–H and O–H groups in total. The summed E-state index contributed by atoms with van der Waals surface area (Å²) in [6, 6.07) is 9.27. The van der Waals surface area contributed by atoms with Gasteiger partial charge in [-0.25, -0.2) is 4.39 Å². The van der Waals surface area contributed by atoms with Crippen LogP contribution in [0, 0.1) is 17.7 Å². The normalized spacial score (nSPS) is 22.8. The molecule has 2 atom stereocenters. The summed E-state index contributed by atoms with van der Waals surface area (Å²) in [6.45, 7) is 1.63. The number of aromatic nitrogens is 1. The molecule has 1 aromatic carbocycles. The van der Waals surface area contributed by atoms with E-state index in [0.29, 0.717) is 30.9 Å². The number of halogens is 1. The first-order valence-corrected chi connectivity index (χ1v) is 11.6. The fourth-order valence-electron chi connectivity index (χ4n) is 5.58. The highest BCUT2D eigenvalue weighted by Crippen LogP contribution is 2.36. The van der Waals surface area contributed by atoms with Crippen LogP contribution in [0.1, 0.15) is 60.5 Å². The highest BCUT2D eigenvalue weighted by molar-refractivity contribution is 5.94. The van der Waals surface area contributed by atoms with E-state index in [0.717, 1.165) is 37.8 Å². The third-order valence-electron chi connectivity index (χ3n) is 7.22. The zero-order valence-corrected chi connectivity index (χ0v) is 18.1. The molecule has 0 radical (unpaired) electrons. The first-order chi connectivity index (χ1) is 15.5. The van der Waals surface area contributed by atoms with Crippen LogP contribution < -0.4 is 10.9 Å². The first kappa shape index (κ1) is 20.9. The van der Waals surface area contributed by atoms with Crippen LogP contribution in [0.2, 0.25) is 0 Å². The van der Waals surface area contributed by atoms with Gasteiger partial charge in [0.2, 0.25) is 5.91 Å². The molecule has 2 bridgehead atoms. The van der Waals surface area contributed by atoms with E-state index in [1.54, 1.807) is 10.6 Å². The number of fused-ring (bicyclic) bond motifs is 4. The van der Waals surface area contributed by atoms with E-state index < -0.39 is 0 Å². The summed E-state index contributed by atoms with van der Waals surface area (Å²) in [6.07, 6.45) is 6.02. The monoisotopic (exact) mass is 437 g/mol. The number of likely N-dealkylation sites (tertiary alicyclic amines) is 1. The molecule has 1 saturated carbocycles. The topological polar surface area (TPSA) is 71.4 Å². The number of piperidine rings is 1. The van der Waals surface area contributed by atoms with Gasteiger partial charge in [0.1, 0.15) is 11.5 Å². The maximum absolute atomic E-state index is 13.2. The summed E-state index contributed by atoms with van der Waals surface area (Å²) in [5, 5.41) is 2.88. The Morgan fingerprint density at radius 3 is 2.44 bits per heavy atom. The van der Waals surface area contributed by atoms with Crippen molar-refractivity contribution in [3.63, 3.8) is 0 Å². The lowest BCUT2D eigenvalue weighted by molar-refractivity contribution is -0.120. The summed E-state index contributed by atoms with van der Waals surface area (Å²) in [5.74, 6) is -0.275. The molecule has 2 amide bonds. The van der Waals surface area contributed by atoms with Crippen LogP contribution in [0.5, 0.6) is 0 Å². The number of carbonyl (C=O) groups is 2. The largest absolute Gasteiger partial charge is 0.338 e. The molecule has 7 heteroatoms. The molecule has 2 unspecified atom stereocenters. The molecule has 3 heterocycles. The van der Waals surface area contributed by atoms with Gasteiger partial charge in [-0.05, 0) is 61.6 Å². The molecular formula is C25H28FN3O3. The van der Waals surface area contributed by atoms with Gasteiger partial charge in [0.05, 0.1) is 0 Å². The highest BCUT2D eigenvalue weighted by Gasteiger charge is 2.37. The van der Waals surface area contributed by atoms with Gasteiger partial charge >= 0.3 is 0 Å². The summed E-state index contributed by atoms with van der Waals surface area (Å²) in [5.41, 5.74) is 1.59. The van der Waals surface area contributed by atoms with Gasteiger partial charge in [-0.3, -0.25) is 14.4 Å². The minimum atomic E-state index is -0.364. The Bertz CT molecular complexity index is 1090. The molecule has 5 rings (SSSR count). The molecule has 6 nitrogen and oxygen atoms in total. The van der Waals surface area contributed by atoms with Crippen LogP contribution >= 0.6 is 0 Å². The van der Waals surface area contributed by atoms with Crippen molar-refractivity contribution < 1.29 is 14.0 Å². The summed E-state index contributed by atoms with van der Waals surface area (Å²) in [7, 11) is 0. The predicted octanol–water partition coefficient (Wildman–Crippen LogP) is 3.77. The minimum absolute atomic E-state index is 0.00500. The zero-order chi connectivity index (χ0) is 22.2. The number of benzene rings is 1. The van der Waals surface area contributed by atoms with Crippen molar-refractivity contribution in [1.82, 2.24) is 9.47 Å². The first-order valence-electron chi connectivity index (χ1n) is 11.6. The molecule has 168 valence electrons. The van der Waals surface area contributed by atoms with Crippen molar-refractivity contribution in [1.29, 1.82) is 0 Å². The number of carbonyl (C=O) groups excluding carboxylic acids is 2. The van der Waals surface area contributed by atoms with Gasteiger partial charge in [0, 0.05) is 42.7 Å². The molecule has 32 heavy (non-hydrogen) atoms. The van der Waals surface area contributed by atoms with E-state index in [1.165, 1.54) is 30.7 Å². The van der Waals surface area contributed by atoms with Gasteiger partial charge in [-0.15, -0.1) is 0 Å². The van der Waals surface area contributed by atoms with Crippen molar-refractivity contribution in [2.45, 2.75) is 51.0 Å². The fraction of sp³-hybridized carbons (Fsp3) is 0.480. The van der Waals surface area contributed by atoms with Crippen LogP contribution in [0.3, 0.4) is 0 Å². The number of pyridine rings is 1. The van der Waals surface area contributed by atoms with Gasteiger partial charge < -0.3 is 14.8 Å². The van der Waals surface area contributed by atoms with E-state index in [2.05, 4.69) is 5.32 Å². The molecule has 2 aromatic rings. The molecular weight excluding hydrogens is 409 g/mol. The Labute approximate surface area is 186 Å². The van der Waals surface area contributed by atoms with E-state index in [9.17, 15) is 18.8 Å². The second kappa shape index (κ2) is 8.52. The Balaban J connectivity index is 1.34. The van der Waals surface area contributed by atoms with Gasteiger partial charge in [-0.1, -0.05) is 19.3 Å². The van der Waals surface area contributed by atoms with Crippen LogP contribution in [0.15, 0.2) is 41.2 Å². The Kier molecular flexibility index (Phi) is 5.57. The molecule has 3 aliphatic rings. The van der Waals surface area contributed by atoms with Crippen LogP contribution in [0.25, 0.3) is 0 Å². The third kappa shape index (κ3) is 3.96. The molecule has 2 fully saturated rings. The second-order valence-electron chi connectivity index (χ2n) is 9.43. The van der Waals surface area contributed by atoms with Crippen LogP contribution in [-0.4, -0.2) is 34.4 Å². The summed E-state index contributed by atoms with van der Waals surface area (Å²) in [4.78, 5) is 40.5. The molecule has 1 aliphatic carbocycles. The number of hydrogen-bond donors (Lipinski definition) is 1. The van der Waals surface area contributed by atoms with Crippen molar-refractivity contribution >= 4 is 17.5 Å². The number of nitrogens with zero attached hydrogens (tertiary/aromatic N) is 2. The van der Waals surface area contributed by atoms with Gasteiger partial charge in [0.15, 0.2) is 0 Å². The van der Waals surface area contributed by atoms with E-state index in [4.69, 9.17) is 0 Å². The highest BCUT2D eigenvalue weighted by atomic mass is 19.1. The lowest BCUT2D eigenvalue weighted by atomic mass is 9.83. The lowest BCUT2D eigenvalue weighted by Crippen LogP contribution is -2.49. The van der Waals surface area contributed by atoms with Crippen molar-refractivity contribution in [2.24, 2.45) is 11.8 Å². The average Bonchev–Trinajstić information content (AvgIpc) is 2.81.